The van der Waals surface area contributed by atoms with Gasteiger partial charge in [0.15, 0.2) is 0 Å². The minimum atomic E-state index is -4.50. The second-order valence-electron chi connectivity index (χ2n) is 4.22. The molecule has 4 nitrogen and oxygen atoms in total. The van der Waals surface area contributed by atoms with E-state index in [1.54, 1.807) is 12.1 Å². The van der Waals surface area contributed by atoms with Crippen LogP contribution in [0.5, 0.6) is 0 Å². The van der Waals surface area contributed by atoms with Crippen LogP contribution in [0, 0.1) is 0 Å². The first-order valence-electron chi connectivity index (χ1n) is 5.48. The summed E-state index contributed by atoms with van der Waals surface area (Å²) in [6.45, 7) is 1.74. The average molecular weight is 276 g/mol. The van der Waals surface area contributed by atoms with Gasteiger partial charge in [0.2, 0.25) is 9.84 Å². The number of alkyl halides is 2. The summed E-state index contributed by atoms with van der Waals surface area (Å²) < 4.78 is 47.2. The van der Waals surface area contributed by atoms with E-state index < -0.39 is 15.6 Å². The van der Waals surface area contributed by atoms with E-state index in [2.05, 4.69) is 5.32 Å². The van der Waals surface area contributed by atoms with E-state index in [0.717, 1.165) is 18.8 Å². The first kappa shape index (κ1) is 13.2. The lowest BCUT2D eigenvalue weighted by Gasteiger charge is -2.37. The average Bonchev–Trinajstić information content (AvgIpc) is 2.26. The fraction of sp³-hybridized carbons (Fsp3) is 0.455. The third-order valence-electron chi connectivity index (χ3n) is 3.11. The van der Waals surface area contributed by atoms with Crippen molar-refractivity contribution in [2.75, 3.05) is 25.0 Å². The fourth-order valence-corrected chi connectivity index (χ4v) is 2.45. The smallest absolute Gasteiger partial charge is 0.341 e. The molecule has 0 aromatic heterocycles. The number of nitrogens with one attached hydrogen (secondary N) is 1. The highest BCUT2D eigenvalue weighted by atomic mass is 32.2. The maximum absolute atomic E-state index is 12.3. The normalized spacial score (nSPS) is 16.7. The van der Waals surface area contributed by atoms with E-state index in [4.69, 9.17) is 0 Å². The Labute approximate surface area is 105 Å². The van der Waals surface area contributed by atoms with Gasteiger partial charge in [0.05, 0.1) is 10.9 Å². The van der Waals surface area contributed by atoms with Crippen LogP contribution >= 0.6 is 0 Å². The first-order chi connectivity index (χ1) is 8.43. The van der Waals surface area contributed by atoms with Crippen molar-refractivity contribution in [3.63, 3.8) is 0 Å². The van der Waals surface area contributed by atoms with E-state index in [-0.39, 0.29) is 4.90 Å². The van der Waals surface area contributed by atoms with Gasteiger partial charge < -0.3 is 10.2 Å². The van der Waals surface area contributed by atoms with Crippen LogP contribution in [-0.2, 0) is 9.84 Å². The first-order valence-corrected chi connectivity index (χ1v) is 7.03. The Morgan fingerprint density at radius 1 is 1.28 bits per heavy atom. The number of likely N-dealkylation sites (N-methyl/N-ethyl adjacent to an activating group) is 1. The van der Waals surface area contributed by atoms with Crippen molar-refractivity contribution in [2.24, 2.45) is 0 Å². The molecule has 0 radical (unpaired) electrons. The number of nitrogens with zero attached hydrogens (tertiary/aromatic N) is 1. The molecule has 0 bridgehead atoms. The molecule has 1 saturated heterocycles. The highest BCUT2D eigenvalue weighted by molar-refractivity contribution is 7.91. The number of halogens is 2. The molecule has 1 N–H and O–H groups in total. The zero-order valence-electron chi connectivity index (χ0n) is 9.81. The van der Waals surface area contributed by atoms with Crippen molar-refractivity contribution >= 4 is 15.5 Å². The Hall–Kier alpha value is -1.21. The SMILES string of the molecule is CN(c1ccc(S(=O)(=O)C(F)F)cc1)C1CNC1. The van der Waals surface area contributed by atoms with Crippen LogP contribution in [0.1, 0.15) is 0 Å². The number of sulfone groups is 1. The van der Waals surface area contributed by atoms with E-state index in [1.165, 1.54) is 12.1 Å². The second-order valence-corrected chi connectivity index (χ2v) is 6.14. The lowest BCUT2D eigenvalue weighted by atomic mass is 10.1. The summed E-state index contributed by atoms with van der Waals surface area (Å²) in [4.78, 5) is 1.65. The predicted molar refractivity (Wildman–Crippen MR) is 64.7 cm³/mol. The maximum Gasteiger partial charge on any atom is 0.341 e. The standard InChI is InChI=1S/C11H14F2N2O2S/c1-15(9-6-14-7-9)8-2-4-10(5-3-8)18(16,17)11(12)13/h2-5,9,11,14H,6-7H2,1H3. The Morgan fingerprint density at radius 3 is 2.22 bits per heavy atom. The molecule has 1 aromatic rings. The molecule has 0 saturated carbocycles. The molecular formula is C11H14F2N2O2S. The van der Waals surface area contributed by atoms with Gasteiger partial charge in [-0.15, -0.1) is 0 Å². The second kappa shape index (κ2) is 4.81. The minimum Gasteiger partial charge on any atom is -0.369 e. The summed E-state index contributed by atoms with van der Waals surface area (Å²) in [5.74, 6) is -3.38. The van der Waals surface area contributed by atoms with Crippen molar-refractivity contribution < 1.29 is 17.2 Å². The van der Waals surface area contributed by atoms with Gasteiger partial charge >= 0.3 is 5.76 Å². The van der Waals surface area contributed by atoms with Crippen molar-refractivity contribution in [2.45, 2.75) is 16.7 Å². The monoisotopic (exact) mass is 276 g/mol. The van der Waals surface area contributed by atoms with Gasteiger partial charge in [-0.05, 0) is 24.3 Å². The zero-order chi connectivity index (χ0) is 13.3. The lowest BCUT2D eigenvalue weighted by molar-refractivity contribution is 0.234. The van der Waals surface area contributed by atoms with E-state index in [9.17, 15) is 17.2 Å². The van der Waals surface area contributed by atoms with Gasteiger partial charge in [-0.3, -0.25) is 0 Å². The highest BCUT2D eigenvalue weighted by Crippen LogP contribution is 2.23. The van der Waals surface area contributed by atoms with Crippen LogP contribution in [0.25, 0.3) is 0 Å². The Balaban J connectivity index is 2.20. The molecule has 1 fully saturated rings. The van der Waals surface area contributed by atoms with Gasteiger partial charge in [0.25, 0.3) is 0 Å². The lowest BCUT2D eigenvalue weighted by Crippen LogP contribution is -2.56. The van der Waals surface area contributed by atoms with Crippen molar-refractivity contribution in [3.8, 4) is 0 Å². The fourth-order valence-electron chi connectivity index (χ4n) is 1.73. The van der Waals surface area contributed by atoms with Gasteiger partial charge in [0, 0.05) is 25.8 Å². The van der Waals surface area contributed by atoms with E-state index in [0.29, 0.717) is 6.04 Å². The molecule has 0 atom stereocenters. The molecule has 0 unspecified atom stereocenters. The van der Waals surface area contributed by atoms with E-state index >= 15 is 0 Å². The largest absolute Gasteiger partial charge is 0.369 e. The molecule has 18 heavy (non-hydrogen) atoms. The van der Waals surface area contributed by atoms with E-state index in [1.807, 2.05) is 11.9 Å². The van der Waals surface area contributed by atoms with Crippen molar-refractivity contribution in [3.05, 3.63) is 24.3 Å². The van der Waals surface area contributed by atoms with Crippen LogP contribution in [0.2, 0.25) is 0 Å². The van der Waals surface area contributed by atoms with Gasteiger partial charge in [-0.25, -0.2) is 8.42 Å². The third-order valence-corrected chi connectivity index (χ3v) is 4.51. The van der Waals surface area contributed by atoms with Crippen LogP contribution in [0.3, 0.4) is 0 Å². The topological polar surface area (TPSA) is 49.4 Å². The number of rotatable bonds is 4. The van der Waals surface area contributed by atoms with Gasteiger partial charge in [-0.1, -0.05) is 0 Å². The molecule has 0 spiro atoms. The summed E-state index contributed by atoms with van der Waals surface area (Å²) in [5, 5.41) is 3.13. The predicted octanol–water partition coefficient (Wildman–Crippen LogP) is 1.09. The molecule has 0 amide bonds. The molecular weight excluding hydrogens is 262 g/mol. The molecule has 1 aromatic carbocycles. The molecule has 0 aliphatic carbocycles. The molecule has 2 rings (SSSR count). The Morgan fingerprint density at radius 2 is 1.83 bits per heavy atom. The zero-order valence-corrected chi connectivity index (χ0v) is 10.6. The summed E-state index contributed by atoms with van der Waals surface area (Å²) in [6.07, 6.45) is 0. The van der Waals surface area contributed by atoms with Gasteiger partial charge in [-0.2, -0.15) is 8.78 Å². The maximum atomic E-state index is 12.3. The summed E-state index contributed by atoms with van der Waals surface area (Å²) in [5.41, 5.74) is 0.815. The molecule has 1 heterocycles. The van der Waals surface area contributed by atoms with Crippen LogP contribution < -0.4 is 10.2 Å². The summed E-state index contributed by atoms with van der Waals surface area (Å²) >= 11 is 0. The highest BCUT2D eigenvalue weighted by Gasteiger charge is 2.27. The quantitative estimate of drug-likeness (QED) is 0.894. The van der Waals surface area contributed by atoms with Gasteiger partial charge in [0.1, 0.15) is 0 Å². The molecule has 7 heteroatoms. The van der Waals surface area contributed by atoms with Crippen molar-refractivity contribution in [1.29, 1.82) is 0 Å². The number of hydrogen-bond acceptors (Lipinski definition) is 4. The van der Waals surface area contributed by atoms with Crippen LogP contribution in [-0.4, -0.2) is 40.4 Å². The third kappa shape index (κ3) is 2.32. The Kier molecular flexibility index (Phi) is 3.54. The van der Waals surface area contributed by atoms with Crippen LogP contribution in [0.4, 0.5) is 14.5 Å². The molecule has 1 aliphatic rings. The Bertz CT molecular complexity index is 512. The summed E-state index contributed by atoms with van der Waals surface area (Å²) in [6, 6.07) is 5.91. The number of benzene rings is 1. The summed E-state index contributed by atoms with van der Waals surface area (Å²) in [7, 11) is -2.60. The molecule has 1 aliphatic heterocycles. The van der Waals surface area contributed by atoms with Crippen LogP contribution in [0.15, 0.2) is 29.2 Å². The minimum absolute atomic E-state index is 0.346. The molecule has 100 valence electrons. The van der Waals surface area contributed by atoms with Crippen molar-refractivity contribution in [1.82, 2.24) is 5.32 Å². The number of hydrogen-bond donors (Lipinski definition) is 1. The number of anilines is 1.